The smallest absolute Gasteiger partial charge is 0.306 e. The third-order valence-corrected chi connectivity index (χ3v) is 10.3. The Morgan fingerprint density at radius 3 is 1.06 bits per heavy atom. The Labute approximate surface area is 319 Å². The molecule has 2 unspecified atom stereocenters. The summed E-state index contributed by atoms with van der Waals surface area (Å²) in [5.74, 6) is -0.0661. The highest BCUT2D eigenvalue weighted by Gasteiger charge is 2.23. The molecule has 6 heteroatoms. The predicted octanol–water partition coefficient (Wildman–Crippen LogP) is 12.8. The SMILES string of the molecule is CCCCCCCCCCC(CN(CCCN(C)C)CC(CCCCCCCCCC)OC(=O)CCCCCCC)OC(=O)CCCCCCC. The van der Waals surface area contributed by atoms with E-state index in [4.69, 9.17) is 9.47 Å². The van der Waals surface area contributed by atoms with E-state index in [1.807, 2.05) is 0 Å². The maximum atomic E-state index is 13.1. The fraction of sp³-hybridized carbons (Fsp3) is 0.956. The molecule has 2 atom stereocenters. The molecule has 0 spiro atoms. The summed E-state index contributed by atoms with van der Waals surface area (Å²) in [6.07, 6.45) is 35.4. The molecule has 51 heavy (non-hydrogen) atoms. The molecule has 0 bridgehead atoms. The summed E-state index contributed by atoms with van der Waals surface area (Å²) in [6.45, 7) is 12.4. The molecule has 0 saturated heterocycles. The van der Waals surface area contributed by atoms with E-state index in [0.29, 0.717) is 12.8 Å². The third kappa shape index (κ3) is 35.6. The summed E-state index contributed by atoms with van der Waals surface area (Å²) in [5.41, 5.74) is 0. The summed E-state index contributed by atoms with van der Waals surface area (Å²) in [5, 5.41) is 0. The number of rotatable bonds is 40. The lowest BCUT2D eigenvalue weighted by atomic mass is 10.0. The number of unbranched alkanes of at least 4 members (excludes halogenated alkanes) is 22. The van der Waals surface area contributed by atoms with Crippen molar-refractivity contribution in [3.05, 3.63) is 0 Å². The van der Waals surface area contributed by atoms with E-state index in [0.717, 1.165) is 84.0 Å². The van der Waals surface area contributed by atoms with E-state index < -0.39 is 0 Å². The van der Waals surface area contributed by atoms with Gasteiger partial charge in [0.25, 0.3) is 0 Å². The number of carbonyl (C=O) groups is 2. The van der Waals surface area contributed by atoms with Crippen molar-refractivity contribution in [1.29, 1.82) is 0 Å². The highest BCUT2D eigenvalue weighted by Crippen LogP contribution is 2.18. The van der Waals surface area contributed by atoms with Gasteiger partial charge >= 0.3 is 11.9 Å². The molecule has 0 heterocycles. The van der Waals surface area contributed by atoms with Gasteiger partial charge in [0.2, 0.25) is 0 Å². The standard InChI is InChI=1S/C45H90N2O4/c1-7-11-15-19-21-23-27-29-34-42(50-44(48)36-31-25-17-13-9-3)40-47(39-33-38-46(5)6)41-43(35-30-28-24-22-20-16-12-8-2)51-45(49)37-32-26-18-14-10-4/h42-43H,7-41H2,1-6H3. The van der Waals surface area contributed by atoms with Crippen LogP contribution in [0.1, 0.15) is 227 Å². The molecule has 0 aromatic heterocycles. The Bertz CT molecular complexity index is 692. The van der Waals surface area contributed by atoms with Crippen LogP contribution in [0.15, 0.2) is 0 Å². The molecule has 304 valence electrons. The number of carbonyl (C=O) groups excluding carboxylic acids is 2. The zero-order valence-electron chi connectivity index (χ0n) is 35.4. The highest BCUT2D eigenvalue weighted by atomic mass is 16.5. The Morgan fingerprint density at radius 1 is 0.412 bits per heavy atom. The van der Waals surface area contributed by atoms with Crippen LogP contribution in [-0.4, -0.2) is 74.2 Å². The average Bonchev–Trinajstić information content (AvgIpc) is 3.10. The summed E-state index contributed by atoms with van der Waals surface area (Å²) in [7, 11) is 4.26. The van der Waals surface area contributed by atoms with Crippen LogP contribution in [0, 0.1) is 0 Å². The molecule has 0 fully saturated rings. The maximum absolute atomic E-state index is 13.1. The monoisotopic (exact) mass is 723 g/mol. The van der Waals surface area contributed by atoms with Gasteiger partial charge in [-0.3, -0.25) is 14.5 Å². The van der Waals surface area contributed by atoms with Crippen LogP contribution < -0.4 is 0 Å². The zero-order chi connectivity index (χ0) is 37.6. The summed E-state index contributed by atoms with van der Waals surface area (Å²) in [6, 6.07) is 0. The zero-order valence-corrected chi connectivity index (χ0v) is 35.4. The highest BCUT2D eigenvalue weighted by molar-refractivity contribution is 5.69. The van der Waals surface area contributed by atoms with Gasteiger partial charge in [0.15, 0.2) is 0 Å². The van der Waals surface area contributed by atoms with Crippen LogP contribution in [0.3, 0.4) is 0 Å². The molecule has 0 aliphatic rings. The summed E-state index contributed by atoms with van der Waals surface area (Å²) < 4.78 is 12.6. The molecule has 0 saturated carbocycles. The molecule has 0 rings (SSSR count). The van der Waals surface area contributed by atoms with Crippen LogP contribution in [-0.2, 0) is 19.1 Å². The van der Waals surface area contributed by atoms with Crippen molar-refractivity contribution < 1.29 is 19.1 Å². The molecule has 0 N–H and O–H groups in total. The van der Waals surface area contributed by atoms with Gasteiger partial charge in [0.1, 0.15) is 12.2 Å². The molecular formula is C45H90N2O4. The van der Waals surface area contributed by atoms with Crippen LogP contribution >= 0.6 is 0 Å². The summed E-state index contributed by atoms with van der Waals surface area (Å²) in [4.78, 5) is 30.9. The fourth-order valence-electron chi connectivity index (χ4n) is 7.07. The quantitative estimate of drug-likeness (QED) is 0.0463. The Hall–Kier alpha value is -1.14. The molecule has 6 nitrogen and oxygen atoms in total. The number of hydrogen-bond acceptors (Lipinski definition) is 6. The van der Waals surface area contributed by atoms with E-state index in [-0.39, 0.29) is 24.1 Å². The second-order valence-corrected chi connectivity index (χ2v) is 16.0. The van der Waals surface area contributed by atoms with Crippen LogP contribution in [0.5, 0.6) is 0 Å². The minimum Gasteiger partial charge on any atom is -0.461 e. The molecule has 0 radical (unpaired) electrons. The van der Waals surface area contributed by atoms with E-state index in [9.17, 15) is 9.59 Å². The van der Waals surface area contributed by atoms with E-state index >= 15 is 0 Å². The lowest BCUT2D eigenvalue weighted by Gasteiger charge is -2.31. The average molecular weight is 723 g/mol. The summed E-state index contributed by atoms with van der Waals surface area (Å²) >= 11 is 0. The van der Waals surface area contributed by atoms with E-state index in [1.165, 1.54) is 128 Å². The first kappa shape index (κ1) is 49.9. The molecule has 0 aliphatic heterocycles. The lowest BCUT2D eigenvalue weighted by molar-refractivity contribution is -0.152. The second kappa shape index (κ2) is 38.6. The van der Waals surface area contributed by atoms with E-state index in [2.05, 4.69) is 51.6 Å². The predicted molar refractivity (Wildman–Crippen MR) is 221 cm³/mol. The van der Waals surface area contributed by atoms with Gasteiger partial charge in [-0.15, -0.1) is 0 Å². The topological polar surface area (TPSA) is 59.1 Å². The molecule has 0 aromatic rings. The van der Waals surface area contributed by atoms with Gasteiger partial charge in [-0.05, 0) is 72.1 Å². The van der Waals surface area contributed by atoms with Gasteiger partial charge in [0, 0.05) is 25.9 Å². The number of nitrogens with zero attached hydrogens (tertiary/aromatic N) is 2. The number of hydrogen-bond donors (Lipinski definition) is 0. The van der Waals surface area contributed by atoms with Crippen LogP contribution in [0.4, 0.5) is 0 Å². The van der Waals surface area contributed by atoms with Crippen molar-refractivity contribution in [2.45, 2.75) is 239 Å². The van der Waals surface area contributed by atoms with Gasteiger partial charge in [-0.1, -0.05) is 169 Å². The molecular weight excluding hydrogens is 633 g/mol. The molecule has 0 amide bonds. The minimum absolute atomic E-state index is 0.0331. The molecule has 0 aliphatic carbocycles. The van der Waals surface area contributed by atoms with Crippen molar-refractivity contribution in [2.24, 2.45) is 0 Å². The van der Waals surface area contributed by atoms with Gasteiger partial charge in [-0.25, -0.2) is 0 Å². The van der Waals surface area contributed by atoms with Crippen LogP contribution in [0.2, 0.25) is 0 Å². The van der Waals surface area contributed by atoms with Gasteiger partial charge < -0.3 is 14.4 Å². The minimum atomic E-state index is -0.106. The van der Waals surface area contributed by atoms with Crippen molar-refractivity contribution in [2.75, 3.05) is 40.3 Å². The fourth-order valence-corrected chi connectivity index (χ4v) is 7.07. The number of ether oxygens (including phenoxy) is 2. The first-order chi connectivity index (χ1) is 24.9. The van der Waals surface area contributed by atoms with Crippen LogP contribution in [0.25, 0.3) is 0 Å². The van der Waals surface area contributed by atoms with Gasteiger partial charge in [-0.2, -0.15) is 0 Å². The first-order valence-corrected chi connectivity index (χ1v) is 22.6. The molecule has 0 aromatic carbocycles. The Kier molecular flexibility index (Phi) is 37.7. The van der Waals surface area contributed by atoms with Crippen molar-refractivity contribution in [1.82, 2.24) is 9.80 Å². The van der Waals surface area contributed by atoms with E-state index in [1.54, 1.807) is 0 Å². The maximum Gasteiger partial charge on any atom is 0.306 e. The van der Waals surface area contributed by atoms with Crippen molar-refractivity contribution in [3.8, 4) is 0 Å². The Morgan fingerprint density at radius 2 is 0.725 bits per heavy atom. The van der Waals surface area contributed by atoms with Crippen molar-refractivity contribution >= 4 is 11.9 Å². The van der Waals surface area contributed by atoms with Gasteiger partial charge in [0.05, 0.1) is 0 Å². The largest absolute Gasteiger partial charge is 0.461 e. The lowest BCUT2D eigenvalue weighted by Crippen LogP contribution is -2.42. The first-order valence-electron chi connectivity index (χ1n) is 22.6. The third-order valence-electron chi connectivity index (χ3n) is 10.3. The second-order valence-electron chi connectivity index (χ2n) is 16.0. The Balaban J connectivity index is 5.57. The number of esters is 2. The normalized spacial score (nSPS) is 12.9. The van der Waals surface area contributed by atoms with Crippen molar-refractivity contribution in [3.63, 3.8) is 0 Å².